The third-order valence-corrected chi connectivity index (χ3v) is 6.62. The first-order valence-corrected chi connectivity index (χ1v) is 11.4. The van der Waals surface area contributed by atoms with E-state index in [0.29, 0.717) is 41.0 Å². The molecule has 170 valence electrons. The highest BCUT2D eigenvalue weighted by atomic mass is 16.5. The number of hydrogen-bond donors (Lipinski definition) is 3. The van der Waals surface area contributed by atoms with Gasteiger partial charge in [0, 0.05) is 30.8 Å². The average molecular weight is 439 g/mol. The normalized spacial score (nSPS) is 18.8. The molecule has 1 aliphatic heterocycles. The molecule has 2 aliphatic rings. The van der Waals surface area contributed by atoms with E-state index in [-0.39, 0.29) is 12.6 Å². The van der Waals surface area contributed by atoms with Crippen molar-refractivity contribution < 1.29 is 19.4 Å². The van der Waals surface area contributed by atoms with Crippen molar-refractivity contribution >= 4 is 17.2 Å². The number of oxazole rings is 1. The van der Waals surface area contributed by atoms with Crippen LogP contribution in [0.15, 0.2) is 16.5 Å². The van der Waals surface area contributed by atoms with E-state index in [1.807, 2.05) is 13.0 Å². The van der Waals surface area contributed by atoms with Gasteiger partial charge in [-0.15, -0.1) is 0 Å². The van der Waals surface area contributed by atoms with Gasteiger partial charge >= 0.3 is 0 Å². The number of nitrogens with one attached hydrogen (secondary N) is 1. The van der Waals surface area contributed by atoms with Gasteiger partial charge in [-0.25, -0.2) is 4.98 Å². The average Bonchev–Trinajstić information content (AvgIpc) is 3.40. The Morgan fingerprint density at radius 1 is 1.25 bits per heavy atom. The van der Waals surface area contributed by atoms with E-state index in [1.54, 1.807) is 7.11 Å². The van der Waals surface area contributed by atoms with Crippen molar-refractivity contribution in [2.75, 3.05) is 38.7 Å². The Morgan fingerprint density at radius 3 is 2.94 bits per heavy atom. The number of pyridine rings is 1. The fourth-order valence-electron chi connectivity index (χ4n) is 5.11. The summed E-state index contributed by atoms with van der Waals surface area (Å²) < 4.78 is 11.6. The highest BCUT2D eigenvalue weighted by molar-refractivity contribution is 5.84. The molecule has 1 aromatic carbocycles. The largest absolute Gasteiger partial charge is 0.507 e. The van der Waals surface area contributed by atoms with Crippen LogP contribution in [0.4, 0.5) is 6.01 Å². The molecule has 1 saturated heterocycles. The van der Waals surface area contributed by atoms with E-state index in [9.17, 15) is 10.2 Å². The highest BCUT2D eigenvalue weighted by Gasteiger charge is 2.25. The highest BCUT2D eigenvalue weighted by Crippen LogP contribution is 2.42. The van der Waals surface area contributed by atoms with Crippen LogP contribution in [-0.2, 0) is 12.8 Å². The Hall–Kier alpha value is -2.84. The van der Waals surface area contributed by atoms with Gasteiger partial charge in [-0.2, -0.15) is 4.98 Å². The number of aromatic hydroxyl groups is 1. The van der Waals surface area contributed by atoms with Crippen LogP contribution in [-0.4, -0.2) is 64.5 Å². The zero-order valence-electron chi connectivity index (χ0n) is 18.6. The number of methoxy groups -OCH3 is 1. The standard InChI is InChI=1S/C24H30N4O4/c1-14-11-15-5-3-7-17(15)21(30)20(14)18-12-19(31-2)22-23(26-18)27-24(32-22)25-16-6-4-8-28(13-16)9-10-29/h11-12,16,29-30H,3-10,13H2,1-2H3,(H,25,26,27)/t16-/m1/s1. The fourth-order valence-corrected chi connectivity index (χ4v) is 5.11. The van der Waals surface area contributed by atoms with Crippen LogP contribution in [0.2, 0.25) is 0 Å². The van der Waals surface area contributed by atoms with Crippen molar-refractivity contribution in [2.45, 2.75) is 45.1 Å². The van der Waals surface area contributed by atoms with Crippen LogP contribution in [0.3, 0.4) is 0 Å². The number of aryl methyl sites for hydroxylation is 2. The number of benzene rings is 1. The SMILES string of the molecule is COc1cc(-c2c(C)cc3c(c2O)CCC3)nc2nc(N[C@@H]3CCCN(CCO)C3)oc12. The van der Waals surface area contributed by atoms with Crippen molar-refractivity contribution in [2.24, 2.45) is 0 Å². The lowest BCUT2D eigenvalue weighted by Crippen LogP contribution is -2.43. The minimum Gasteiger partial charge on any atom is -0.507 e. The zero-order valence-corrected chi connectivity index (χ0v) is 18.6. The monoisotopic (exact) mass is 438 g/mol. The second-order valence-corrected chi connectivity index (χ2v) is 8.80. The summed E-state index contributed by atoms with van der Waals surface area (Å²) in [6.07, 6.45) is 5.03. The number of aliphatic hydroxyl groups is 1. The number of likely N-dealkylation sites (tertiary alicyclic amines) is 1. The quantitative estimate of drug-likeness (QED) is 0.539. The number of anilines is 1. The molecule has 1 atom stereocenters. The molecule has 2 aromatic heterocycles. The maximum atomic E-state index is 11.0. The molecular weight excluding hydrogens is 408 g/mol. The number of rotatable bonds is 6. The van der Waals surface area contributed by atoms with Crippen molar-refractivity contribution in [3.05, 3.63) is 28.8 Å². The predicted molar refractivity (Wildman–Crippen MR) is 122 cm³/mol. The first-order valence-electron chi connectivity index (χ1n) is 11.4. The molecule has 5 rings (SSSR count). The number of fused-ring (bicyclic) bond motifs is 2. The van der Waals surface area contributed by atoms with Crippen molar-refractivity contribution in [3.8, 4) is 22.8 Å². The lowest BCUT2D eigenvalue weighted by Gasteiger charge is -2.32. The summed E-state index contributed by atoms with van der Waals surface area (Å²) in [6.45, 7) is 4.66. The number of aliphatic hydroxyl groups excluding tert-OH is 1. The summed E-state index contributed by atoms with van der Waals surface area (Å²) in [6, 6.07) is 4.57. The van der Waals surface area contributed by atoms with Crippen molar-refractivity contribution in [1.29, 1.82) is 0 Å². The van der Waals surface area contributed by atoms with Gasteiger partial charge in [-0.3, -0.25) is 4.90 Å². The molecule has 0 unspecified atom stereocenters. The Bertz CT molecular complexity index is 1140. The van der Waals surface area contributed by atoms with Gasteiger partial charge in [0.1, 0.15) is 5.75 Å². The predicted octanol–water partition coefficient (Wildman–Crippen LogP) is 3.27. The topological polar surface area (TPSA) is 104 Å². The fraction of sp³-hybridized carbons (Fsp3) is 0.500. The number of aromatic nitrogens is 2. The first-order chi connectivity index (χ1) is 15.6. The minimum atomic E-state index is 0.161. The van der Waals surface area contributed by atoms with Crippen LogP contribution < -0.4 is 10.1 Å². The summed E-state index contributed by atoms with van der Waals surface area (Å²) >= 11 is 0. The second kappa shape index (κ2) is 8.60. The number of piperidine rings is 1. The number of ether oxygens (including phenoxy) is 1. The molecule has 1 fully saturated rings. The maximum absolute atomic E-state index is 11.0. The molecule has 32 heavy (non-hydrogen) atoms. The Kier molecular flexibility index (Phi) is 5.65. The van der Waals surface area contributed by atoms with Gasteiger partial charge in [0.2, 0.25) is 11.2 Å². The number of nitrogens with zero attached hydrogens (tertiary/aromatic N) is 3. The third-order valence-electron chi connectivity index (χ3n) is 6.62. The maximum Gasteiger partial charge on any atom is 0.297 e. The number of phenolic OH excluding ortho intramolecular Hbond substituents is 1. The second-order valence-electron chi connectivity index (χ2n) is 8.80. The van der Waals surface area contributed by atoms with Gasteiger partial charge in [0.15, 0.2) is 5.75 Å². The molecule has 3 heterocycles. The molecule has 0 radical (unpaired) electrons. The van der Waals surface area contributed by atoms with Crippen molar-refractivity contribution in [1.82, 2.24) is 14.9 Å². The van der Waals surface area contributed by atoms with Gasteiger partial charge in [0.05, 0.1) is 19.4 Å². The first kappa shape index (κ1) is 21.0. The molecule has 0 bridgehead atoms. The van der Waals surface area contributed by atoms with E-state index >= 15 is 0 Å². The Morgan fingerprint density at radius 2 is 2.12 bits per heavy atom. The lowest BCUT2D eigenvalue weighted by molar-refractivity contribution is 0.166. The Labute approximate surface area is 187 Å². The summed E-state index contributed by atoms with van der Waals surface area (Å²) in [5.41, 5.74) is 5.54. The smallest absolute Gasteiger partial charge is 0.297 e. The number of β-amino-alcohol motifs (C(OH)–C–C–N with tert-alkyl or cyclic N) is 1. The van der Waals surface area contributed by atoms with E-state index < -0.39 is 0 Å². The van der Waals surface area contributed by atoms with Crippen LogP contribution in [0, 0.1) is 6.92 Å². The summed E-state index contributed by atoms with van der Waals surface area (Å²) in [4.78, 5) is 11.6. The molecule has 0 spiro atoms. The van der Waals surface area contributed by atoms with Crippen LogP contribution >= 0.6 is 0 Å². The van der Waals surface area contributed by atoms with E-state index in [4.69, 9.17) is 14.1 Å². The van der Waals surface area contributed by atoms with Gasteiger partial charge < -0.3 is 24.7 Å². The van der Waals surface area contributed by atoms with E-state index in [1.165, 1.54) is 5.56 Å². The Balaban J connectivity index is 1.49. The lowest BCUT2D eigenvalue weighted by atomic mass is 9.96. The summed E-state index contributed by atoms with van der Waals surface area (Å²) in [7, 11) is 1.59. The van der Waals surface area contributed by atoms with E-state index in [2.05, 4.69) is 21.3 Å². The number of phenols is 1. The number of hydrogen-bond acceptors (Lipinski definition) is 8. The van der Waals surface area contributed by atoms with Gasteiger partial charge in [-0.05, 0) is 62.3 Å². The third kappa shape index (κ3) is 3.78. The molecule has 8 heteroatoms. The van der Waals surface area contributed by atoms with Gasteiger partial charge in [-0.1, -0.05) is 6.07 Å². The molecule has 0 amide bonds. The molecule has 3 aromatic rings. The van der Waals surface area contributed by atoms with Gasteiger partial charge in [0.25, 0.3) is 6.01 Å². The van der Waals surface area contributed by atoms with Crippen LogP contribution in [0.25, 0.3) is 22.5 Å². The van der Waals surface area contributed by atoms with Crippen LogP contribution in [0.1, 0.15) is 36.0 Å². The molecule has 8 nitrogen and oxygen atoms in total. The molecule has 3 N–H and O–H groups in total. The molecule has 0 saturated carbocycles. The minimum absolute atomic E-state index is 0.161. The van der Waals surface area contributed by atoms with Crippen molar-refractivity contribution in [3.63, 3.8) is 0 Å². The summed E-state index contributed by atoms with van der Waals surface area (Å²) in [5.74, 6) is 0.856. The van der Waals surface area contributed by atoms with E-state index in [0.717, 1.165) is 61.9 Å². The summed E-state index contributed by atoms with van der Waals surface area (Å²) in [5, 5.41) is 23.6. The molecule has 1 aliphatic carbocycles. The zero-order chi connectivity index (χ0) is 22.2. The van der Waals surface area contributed by atoms with Crippen LogP contribution in [0.5, 0.6) is 11.5 Å². The molecular formula is C24H30N4O4.